The first-order valence-electron chi connectivity index (χ1n) is 18.7. The monoisotopic (exact) mass is 697 g/mol. The van der Waals surface area contributed by atoms with Crippen LogP contribution >= 0.6 is 0 Å². The standard InChI is InChI=1S/C49H39N5/c1-2-7-32-15-16-34-21-26-43(54-49(34)47(32)50)40-23-22-37(38-10-3-4-11-39(38)40)35-17-13-30-19-24-42(52-45(30)28-35)36-18-14-31-20-25-44(53-46(31)29-36)41-12-5-8-33-9-6-27-51-48(33)41/h2-26,28-29,44-45,51-53H,27,50H2,1H3/b7-2-. The van der Waals surface area contributed by atoms with Crippen LogP contribution in [0.4, 0.5) is 17.1 Å². The topological polar surface area (TPSA) is 75.0 Å². The molecule has 1 aromatic heterocycles. The summed E-state index contributed by atoms with van der Waals surface area (Å²) in [6.07, 6.45) is 24.2. The number of nitrogens with zero attached hydrogens (tertiary/aromatic N) is 1. The van der Waals surface area contributed by atoms with Crippen LogP contribution in [0.1, 0.15) is 46.3 Å². The molecule has 2 unspecified atom stereocenters. The van der Waals surface area contributed by atoms with Crippen molar-refractivity contribution < 1.29 is 0 Å². The molecule has 4 aliphatic rings. The van der Waals surface area contributed by atoms with Gasteiger partial charge in [0.1, 0.15) is 0 Å². The minimum atomic E-state index is 0.0477. The first kappa shape index (κ1) is 31.9. The molecule has 260 valence electrons. The summed E-state index contributed by atoms with van der Waals surface area (Å²) in [6.45, 7) is 2.85. The predicted molar refractivity (Wildman–Crippen MR) is 230 cm³/mol. The molecule has 5 aromatic carbocycles. The van der Waals surface area contributed by atoms with Gasteiger partial charge in [-0.2, -0.15) is 0 Å². The molecule has 0 fully saturated rings. The number of anilines is 3. The number of hydrogen-bond acceptors (Lipinski definition) is 5. The quantitative estimate of drug-likeness (QED) is 0.135. The Morgan fingerprint density at radius 2 is 1.63 bits per heavy atom. The second kappa shape index (κ2) is 13.0. The predicted octanol–water partition coefficient (Wildman–Crippen LogP) is 11.2. The summed E-state index contributed by atoms with van der Waals surface area (Å²) >= 11 is 0. The Morgan fingerprint density at radius 1 is 0.759 bits per heavy atom. The van der Waals surface area contributed by atoms with Gasteiger partial charge in [-0.05, 0) is 74.9 Å². The van der Waals surface area contributed by atoms with Gasteiger partial charge in [0.15, 0.2) is 0 Å². The fraction of sp³-hybridized carbons (Fsp3) is 0.0816. The third-order valence-electron chi connectivity index (χ3n) is 11.0. The van der Waals surface area contributed by atoms with Crippen LogP contribution in [0.25, 0.3) is 62.4 Å². The van der Waals surface area contributed by atoms with Crippen molar-refractivity contribution >= 4 is 68.2 Å². The van der Waals surface area contributed by atoms with Crippen LogP contribution in [0, 0.1) is 0 Å². The first-order valence-corrected chi connectivity index (χ1v) is 18.7. The molecule has 0 bridgehead atoms. The number of benzene rings is 5. The van der Waals surface area contributed by atoms with Crippen LogP contribution < -0.4 is 21.7 Å². The SMILES string of the molecule is C/C=C\c1ccc2ccc(-c3ccc(C4=CC5NC(c6ccc7c(c6)NC(c6cccc8c6NCC=C8)C=C7)=CC=C5C=C4)c4ccccc34)nc2c1N. The third-order valence-corrected chi connectivity index (χ3v) is 11.0. The zero-order valence-electron chi connectivity index (χ0n) is 30.0. The summed E-state index contributed by atoms with van der Waals surface area (Å²) in [7, 11) is 0. The van der Waals surface area contributed by atoms with E-state index in [9.17, 15) is 0 Å². The Balaban J connectivity index is 0.942. The van der Waals surface area contributed by atoms with Gasteiger partial charge in [-0.25, -0.2) is 4.98 Å². The second-order valence-corrected chi connectivity index (χ2v) is 14.2. The van der Waals surface area contributed by atoms with E-state index in [4.69, 9.17) is 10.7 Å². The highest BCUT2D eigenvalue weighted by Gasteiger charge is 2.24. The van der Waals surface area contributed by atoms with E-state index in [1.165, 1.54) is 44.5 Å². The van der Waals surface area contributed by atoms with Crippen molar-refractivity contribution in [2.24, 2.45) is 0 Å². The number of hydrogen-bond donors (Lipinski definition) is 4. The summed E-state index contributed by atoms with van der Waals surface area (Å²) in [5, 5.41) is 14.7. The molecule has 2 atom stereocenters. The highest BCUT2D eigenvalue weighted by atomic mass is 15.0. The van der Waals surface area contributed by atoms with Crippen LogP contribution in [0.5, 0.6) is 0 Å². The van der Waals surface area contributed by atoms with E-state index in [2.05, 4.69) is 168 Å². The average molecular weight is 698 g/mol. The van der Waals surface area contributed by atoms with Gasteiger partial charge >= 0.3 is 0 Å². The molecule has 4 heterocycles. The van der Waals surface area contributed by atoms with Gasteiger partial charge in [-0.3, -0.25) is 0 Å². The number of allylic oxidation sites excluding steroid dienone is 5. The number of para-hydroxylation sites is 1. The lowest BCUT2D eigenvalue weighted by atomic mass is 9.87. The van der Waals surface area contributed by atoms with Gasteiger partial charge in [-0.1, -0.05) is 146 Å². The normalized spacial score (nSPS) is 18.2. The van der Waals surface area contributed by atoms with Crippen LogP contribution in [0.15, 0.2) is 151 Å². The number of aromatic nitrogens is 1. The first-order chi connectivity index (χ1) is 26.6. The van der Waals surface area contributed by atoms with Gasteiger partial charge < -0.3 is 21.7 Å². The number of nitrogen functional groups attached to an aromatic ring is 1. The maximum Gasteiger partial charge on any atom is 0.0944 e. The lowest BCUT2D eigenvalue weighted by Crippen LogP contribution is -2.31. The van der Waals surface area contributed by atoms with Gasteiger partial charge in [0.2, 0.25) is 0 Å². The Kier molecular flexibility index (Phi) is 7.65. The molecule has 0 saturated carbocycles. The third kappa shape index (κ3) is 5.44. The molecule has 5 N–H and O–H groups in total. The number of fused-ring (bicyclic) bond motifs is 5. The van der Waals surface area contributed by atoms with Crippen molar-refractivity contribution in [1.29, 1.82) is 0 Å². The highest BCUT2D eigenvalue weighted by molar-refractivity contribution is 6.05. The van der Waals surface area contributed by atoms with Crippen molar-refractivity contribution in [2.75, 3.05) is 22.9 Å². The second-order valence-electron chi connectivity index (χ2n) is 14.2. The summed E-state index contributed by atoms with van der Waals surface area (Å²) < 4.78 is 0. The van der Waals surface area contributed by atoms with E-state index in [0.29, 0.717) is 5.69 Å². The molecule has 3 aliphatic heterocycles. The molecule has 1 aliphatic carbocycles. The number of dihydropyridines is 1. The van der Waals surface area contributed by atoms with Crippen molar-refractivity contribution in [1.82, 2.24) is 10.3 Å². The van der Waals surface area contributed by atoms with Gasteiger partial charge in [0.05, 0.1) is 29.0 Å². The van der Waals surface area contributed by atoms with Gasteiger partial charge in [0.25, 0.3) is 0 Å². The number of nitrogens with one attached hydrogen (secondary N) is 3. The van der Waals surface area contributed by atoms with E-state index < -0.39 is 0 Å². The van der Waals surface area contributed by atoms with Crippen LogP contribution in [-0.2, 0) is 0 Å². The Morgan fingerprint density at radius 3 is 2.54 bits per heavy atom. The highest BCUT2D eigenvalue weighted by Crippen LogP contribution is 2.40. The smallest absolute Gasteiger partial charge is 0.0944 e. The Bertz CT molecular complexity index is 2760. The molecular formula is C49H39N5. The van der Waals surface area contributed by atoms with Crippen LogP contribution in [-0.4, -0.2) is 17.6 Å². The average Bonchev–Trinajstić information content (AvgIpc) is 3.23. The molecule has 5 heteroatoms. The molecule has 0 saturated heterocycles. The lowest BCUT2D eigenvalue weighted by molar-refractivity contribution is 0.815. The van der Waals surface area contributed by atoms with E-state index in [0.717, 1.165) is 56.6 Å². The molecule has 6 aromatic rings. The largest absolute Gasteiger partial charge is 0.396 e. The maximum atomic E-state index is 6.61. The van der Waals surface area contributed by atoms with Crippen molar-refractivity contribution in [3.05, 3.63) is 185 Å². The van der Waals surface area contributed by atoms with E-state index in [1.807, 2.05) is 19.1 Å². The van der Waals surface area contributed by atoms with Crippen LogP contribution in [0.2, 0.25) is 0 Å². The molecule has 0 spiro atoms. The zero-order chi connectivity index (χ0) is 36.2. The molecule has 0 amide bonds. The summed E-state index contributed by atoms with van der Waals surface area (Å²) in [6, 6.07) is 34.8. The number of rotatable bonds is 5. The van der Waals surface area contributed by atoms with Gasteiger partial charge in [-0.15, -0.1) is 0 Å². The number of pyridine rings is 1. The lowest BCUT2D eigenvalue weighted by Gasteiger charge is -2.29. The van der Waals surface area contributed by atoms with Crippen molar-refractivity contribution in [3.8, 4) is 11.3 Å². The summed E-state index contributed by atoms with van der Waals surface area (Å²) in [5.74, 6) is 0. The summed E-state index contributed by atoms with van der Waals surface area (Å²) in [4.78, 5) is 5.11. The Labute approximate surface area is 315 Å². The molecule has 5 nitrogen and oxygen atoms in total. The van der Waals surface area contributed by atoms with E-state index in [-0.39, 0.29) is 12.1 Å². The van der Waals surface area contributed by atoms with Crippen LogP contribution in [0.3, 0.4) is 0 Å². The fourth-order valence-electron chi connectivity index (χ4n) is 8.26. The zero-order valence-corrected chi connectivity index (χ0v) is 30.0. The Hall–Kier alpha value is -6.85. The van der Waals surface area contributed by atoms with Crippen molar-refractivity contribution in [3.63, 3.8) is 0 Å². The molecule has 0 radical (unpaired) electrons. The molecular weight excluding hydrogens is 659 g/mol. The van der Waals surface area contributed by atoms with Gasteiger partial charge in [0, 0.05) is 40.1 Å². The maximum absolute atomic E-state index is 6.61. The minimum Gasteiger partial charge on any atom is -0.396 e. The minimum absolute atomic E-state index is 0.0477. The molecule has 54 heavy (non-hydrogen) atoms. The van der Waals surface area contributed by atoms with E-state index >= 15 is 0 Å². The fourth-order valence-corrected chi connectivity index (χ4v) is 8.26. The summed E-state index contributed by atoms with van der Waals surface area (Å²) in [5.41, 5.74) is 23.1. The number of nitrogens with two attached hydrogens (primary N) is 1. The van der Waals surface area contributed by atoms with E-state index in [1.54, 1.807) is 0 Å². The molecule has 10 rings (SSSR count). The van der Waals surface area contributed by atoms with Crippen molar-refractivity contribution in [2.45, 2.75) is 19.0 Å².